The van der Waals surface area contributed by atoms with E-state index in [9.17, 15) is 19.2 Å². The molecule has 0 saturated carbocycles. The fourth-order valence-electron chi connectivity index (χ4n) is 4.90. The fourth-order valence-corrected chi connectivity index (χ4v) is 4.90. The highest BCUT2D eigenvalue weighted by molar-refractivity contribution is 6.15. The lowest BCUT2D eigenvalue weighted by Crippen LogP contribution is -2.53. The second-order valence-corrected chi connectivity index (χ2v) is 7.92. The second kappa shape index (κ2) is 6.41. The zero-order valence-corrected chi connectivity index (χ0v) is 16.0. The van der Waals surface area contributed by atoms with Gasteiger partial charge < -0.3 is 11.1 Å². The van der Waals surface area contributed by atoms with E-state index in [1.54, 1.807) is 6.07 Å². The first-order valence-corrected chi connectivity index (χ1v) is 9.65. The van der Waals surface area contributed by atoms with Crippen molar-refractivity contribution in [3.63, 3.8) is 0 Å². The van der Waals surface area contributed by atoms with Crippen LogP contribution in [0.25, 0.3) is 0 Å². The molecule has 2 saturated heterocycles. The van der Waals surface area contributed by atoms with E-state index >= 15 is 0 Å². The molecule has 0 bridgehead atoms. The van der Waals surface area contributed by atoms with Crippen molar-refractivity contribution >= 4 is 29.3 Å². The van der Waals surface area contributed by atoms with E-state index in [-0.39, 0.29) is 24.1 Å². The van der Waals surface area contributed by atoms with E-state index in [1.807, 2.05) is 26.0 Å². The molecule has 4 atom stereocenters. The molecule has 8 heteroatoms. The molecule has 0 aromatic heterocycles. The Bertz CT molecular complexity index is 898. The number of unbranched alkanes of at least 4 members (excludes halogenated alkanes) is 1. The zero-order valence-electron chi connectivity index (χ0n) is 16.0. The molecule has 28 heavy (non-hydrogen) atoms. The normalized spacial score (nSPS) is 30.7. The molecule has 3 aliphatic heterocycles. The summed E-state index contributed by atoms with van der Waals surface area (Å²) in [5, 5.41) is 6.03. The number of nitrogens with one attached hydrogen (secondary N) is 2. The Balaban J connectivity index is 1.85. The highest BCUT2D eigenvalue weighted by Crippen LogP contribution is 2.53. The van der Waals surface area contributed by atoms with Crippen molar-refractivity contribution in [2.24, 2.45) is 17.6 Å². The molecule has 1 spiro atoms. The van der Waals surface area contributed by atoms with E-state index in [1.165, 1.54) is 4.90 Å². The minimum atomic E-state index is -1.36. The maximum absolute atomic E-state index is 13.3. The SMILES string of the molecule is CCCCN1C(=O)C2C(CC(N)=O)NC3(C(=O)Nc4ccc(C)cc43)C2C1=O. The third-order valence-corrected chi connectivity index (χ3v) is 6.12. The molecule has 3 heterocycles. The molecule has 0 radical (unpaired) electrons. The Kier molecular flexibility index (Phi) is 4.26. The van der Waals surface area contributed by atoms with Crippen molar-refractivity contribution in [2.75, 3.05) is 11.9 Å². The van der Waals surface area contributed by atoms with Gasteiger partial charge in [0.15, 0.2) is 0 Å². The number of rotatable bonds is 5. The van der Waals surface area contributed by atoms with Crippen LogP contribution in [-0.4, -0.2) is 41.1 Å². The minimum Gasteiger partial charge on any atom is -0.370 e. The van der Waals surface area contributed by atoms with Crippen LogP contribution in [-0.2, 0) is 24.7 Å². The Labute approximate surface area is 162 Å². The summed E-state index contributed by atoms with van der Waals surface area (Å²) in [6.45, 7) is 4.20. The van der Waals surface area contributed by atoms with Crippen LogP contribution in [0.2, 0.25) is 0 Å². The lowest BCUT2D eigenvalue weighted by molar-refractivity contribution is -0.142. The molecule has 4 rings (SSSR count). The van der Waals surface area contributed by atoms with Gasteiger partial charge in [-0.15, -0.1) is 0 Å². The number of aryl methyl sites for hydroxylation is 1. The summed E-state index contributed by atoms with van der Waals surface area (Å²) in [6.07, 6.45) is 1.42. The van der Waals surface area contributed by atoms with Gasteiger partial charge in [-0.3, -0.25) is 29.4 Å². The first-order valence-electron chi connectivity index (χ1n) is 9.65. The third kappa shape index (κ3) is 2.40. The van der Waals surface area contributed by atoms with Crippen LogP contribution in [0.15, 0.2) is 18.2 Å². The number of primary amides is 1. The van der Waals surface area contributed by atoms with Gasteiger partial charge in [0.2, 0.25) is 23.6 Å². The van der Waals surface area contributed by atoms with Crippen molar-refractivity contribution in [1.82, 2.24) is 10.2 Å². The predicted molar refractivity (Wildman–Crippen MR) is 101 cm³/mol. The number of carbonyl (C=O) groups excluding carboxylic acids is 4. The molecular formula is C20H24N4O4. The summed E-state index contributed by atoms with van der Waals surface area (Å²) in [4.78, 5) is 52.5. The lowest BCUT2D eigenvalue weighted by Gasteiger charge is -2.29. The fraction of sp³-hybridized carbons (Fsp3) is 0.500. The highest BCUT2D eigenvalue weighted by atomic mass is 16.2. The van der Waals surface area contributed by atoms with Gasteiger partial charge in [0.1, 0.15) is 5.54 Å². The Morgan fingerprint density at radius 1 is 1.25 bits per heavy atom. The van der Waals surface area contributed by atoms with E-state index < -0.39 is 29.3 Å². The van der Waals surface area contributed by atoms with Crippen LogP contribution in [0.5, 0.6) is 0 Å². The van der Waals surface area contributed by atoms with Crippen molar-refractivity contribution in [2.45, 2.75) is 44.7 Å². The summed E-state index contributed by atoms with van der Waals surface area (Å²) in [5.74, 6) is -3.30. The smallest absolute Gasteiger partial charge is 0.250 e. The number of nitrogens with zero attached hydrogens (tertiary/aromatic N) is 1. The quantitative estimate of drug-likeness (QED) is 0.634. The average molecular weight is 384 g/mol. The summed E-state index contributed by atoms with van der Waals surface area (Å²) in [7, 11) is 0. The number of nitrogens with two attached hydrogens (primary N) is 1. The van der Waals surface area contributed by atoms with Gasteiger partial charge in [-0.2, -0.15) is 0 Å². The van der Waals surface area contributed by atoms with Crippen LogP contribution in [0.1, 0.15) is 37.3 Å². The number of hydrogen-bond acceptors (Lipinski definition) is 5. The van der Waals surface area contributed by atoms with Crippen molar-refractivity contribution in [3.05, 3.63) is 29.3 Å². The molecule has 3 aliphatic rings. The standard InChI is InChI=1S/C20H24N4O4/c1-3-4-7-24-17(26)15-13(9-14(21)25)23-20(16(15)18(24)27)11-8-10(2)5-6-12(11)22-19(20)28/h5-6,8,13,15-16,23H,3-4,7,9H2,1-2H3,(H2,21,25)(H,22,28). The number of amides is 4. The molecule has 1 aromatic carbocycles. The molecule has 2 fully saturated rings. The highest BCUT2D eigenvalue weighted by Gasteiger charge is 2.70. The van der Waals surface area contributed by atoms with Crippen LogP contribution in [0.3, 0.4) is 0 Å². The Morgan fingerprint density at radius 3 is 2.68 bits per heavy atom. The largest absolute Gasteiger partial charge is 0.370 e. The molecule has 8 nitrogen and oxygen atoms in total. The minimum absolute atomic E-state index is 0.113. The van der Waals surface area contributed by atoms with Crippen LogP contribution in [0.4, 0.5) is 5.69 Å². The molecule has 4 N–H and O–H groups in total. The number of imide groups is 1. The number of likely N-dealkylation sites (tertiary alicyclic amines) is 1. The second-order valence-electron chi connectivity index (χ2n) is 7.92. The van der Waals surface area contributed by atoms with E-state index in [4.69, 9.17) is 5.73 Å². The molecule has 4 amide bonds. The molecule has 148 valence electrons. The molecule has 0 aliphatic carbocycles. The first-order chi connectivity index (χ1) is 13.3. The van der Waals surface area contributed by atoms with Gasteiger partial charge >= 0.3 is 0 Å². The Morgan fingerprint density at radius 2 is 2.00 bits per heavy atom. The molecule has 4 unspecified atom stereocenters. The topological polar surface area (TPSA) is 122 Å². The molecule has 1 aromatic rings. The number of fused-ring (bicyclic) bond motifs is 4. The van der Waals surface area contributed by atoms with Crippen molar-refractivity contribution in [3.8, 4) is 0 Å². The van der Waals surface area contributed by atoms with Gasteiger partial charge in [0, 0.05) is 30.3 Å². The third-order valence-electron chi connectivity index (χ3n) is 6.12. The van der Waals surface area contributed by atoms with Crippen molar-refractivity contribution in [1.29, 1.82) is 0 Å². The van der Waals surface area contributed by atoms with Gasteiger partial charge in [-0.1, -0.05) is 31.0 Å². The maximum atomic E-state index is 13.3. The Hall–Kier alpha value is -2.74. The monoisotopic (exact) mass is 384 g/mol. The van der Waals surface area contributed by atoms with Crippen LogP contribution in [0, 0.1) is 18.8 Å². The first kappa shape index (κ1) is 18.6. The zero-order chi connectivity index (χ0) is 20.2. The summed E-state index contributed by atoms with van der Waals surface area (Å²) in [6, 6.07) is 4.87. The number of benzene rings is 1. The van der Waals surface area contributed by atoms with Crippen LogP contribution < -0.4 is 16.4 Å². The summed E-state index contributed by atoms with van der Waals surface area (Å²) < 4.78 is 0. The van der Waals surface area contributed by atoms with E-state index in [0.717, 1.165) is 12.0 Å². The van der Waals surface area contributed by atoms with Gasteiger partial charge in [0.25, 0.3) is 0 Å². The van der Waals surface area contributed by atoms with Gasteiger partial charge in [0.05, 0.1) is 11.8 Å². The lowest BCUT2D eigenvalue weighted by atomic mass is 9.76. The van der Waals surface area contributed by atoms with Crippen molar-refractivity contribution < 1.29 is 19.2 Å². The predicted octanol–water partition coefficient (Wildman–Crippen LogP) is 0.391. The average Bonchev–Trinajstić information content (AvgIpc) is 3.19. The van der Waals surface area contributed by atoms with Gasteiger partial charge in [-0.25, -0.2) is 0 Å². The van der Waals surface area contributed by atoms with Crippen LogP contribution >= 0.6 is 0 Å². The van der Waals surface area contributed by atoms with Gasteiger partial charge in [-0.05, 0) is 19.4 Å². The summed E-state index contributed by atoms with van der Waals surface area (Å²) >= 11 is 0. The number of carbonyl (C=O) groups is 4. The maximum Gasteiger partial charge on any atom is 0.250 e. The van der Waals surface area contributed by atoms with E-state index in [0.29, 0.717) is 24.2 Å². The van der Waals surface area contributed by atoms with E-state index in [2.05, 4.69) is 10.6 Å². The molecular weight excluding hydrogens is 360 g/mol. The summed E-state index contributed by atoms with van der Waals surface area (Å²) in [5.41, 5.74) is 6.25. The number of anilines is 1. The number of hydrogen-bond donors (Lipinski definition) is 3.